The fraction of sp³-hybridized carbons (Fsp3) is 0.292. The number of Topliss-reactive ketones (excluding diaryl/α,β-unsaturated/α-hetero) is 2. The second-order valence-corrected chi connectivity index (χ2v) is 9.15. The Morgan fingerprint density at radius 3 is 2.32 bits per heavy atom. The second kappa shape index (κ2) is 5.99. The molecule has 0 unspecified atom stereocenters. The molecule has 0 radical (unpaired) electrons. The van der Waals surface area contributed by atoms with Crippen molar-refractivity contribution in [3.8, 4) is 0 Å². The SMILES string of the molecule is CC1(C)CC(=O)C2=C(C1)N=C1c3ccccc3C(=O)[C@H]1[C@@H]2c1ccc(Cl)cc1. The fourth-order valence-corrected chi connectivity index (χ4v) is 5.04. The molecular formula is C24H20ClNO2. The first-order valence-electron chi connectivity index (χ1n) is 9.60. The number of fused-ring (bicyclic) bond motifs is 3. The van der Waals surface area contributed by atoms with Crippen LogP contribution in [0.25, 0.3) is 0 Å². The van der Waals surface area contributed by atoms with Crippen LogP contribution in [0.2, 0.25) is 5.02 Å². The van der Waals surface area contributed by atoms with Gasteiger partial charge in [0.05, 0.1) is 11.6 Å². The molecule has 3 aliphatic rings. The van der Waals surface area contributed by atoms with Gasteiger partial charge in [-0.05, 0) is 29.5 Å². The summed E-state index contributed by atoms with van der Waals surface area (Å²) >= 11 is 6.10. The monoisotopic (exact) mass is 389 g/mol. The summed E-state index contributed by atoms with van der Waals surface area (Å²) in [5.74, 6) is -0.581. The largest absolute Gasteiger partial charge is 0.294 e. The van der Waals surface area contributed by atoms with Crippen LogP contribution in [-0.2, 0) is 4.79 Å². The molecule has 28 heavy (non-hydrogen) atoms. The Morgan fingerprint density at radius 2 is 1.61 bits per heavy atom. The number of halogens is 1. The minimum absolute atomic E-state index is 0.0542. The topological polar surface area (TPSA) is 46.5 Å². The van der Waals surface area contributed by atoms with Gasteiger partial charge in [0.2, 0.25) is 0 Å². The van der Waals surface area contributed by atoms with E-state index in [2.05, 4.69) is 13.8 Å². The molecule has 2 atom stereocenters. The molecular weight excluding hydrogens is 370 g/mol. The molecule has 2 aromatic rings. The summed E-state index contributed by atoms with van der Waals surface area (Å²) in [6.07, 6.45) is 1.22. The predicted molar refractivity (Wildman–Crippen MR) is 110 cm³/mol. The number of carbonyl (C=O) groups is 2. The first kappa shape index (κ1) is 17.6. The van der Waals surface area contributed by atoms with E-state index < -0.39 is 5.92 Å². The van der Waals surface area contributed by atoms with Gasteiger partial charge in [-0.2, -0.15) is 0 Å². The van der Waals surface area contributed by atoms with Gasteiger partial charge in [0, 0.05) is 39.8 Å². The van der Waals surface area contributed by atoms with Crippen molar-refractivity contribution < 1.29 is 9.59 Å². The quantitative estimate of drug-likeness (QED) is 0.657. The van der Waals surface area contributed by atoms with Crippen LogP contribution in [0.3, 0.4) is 0 Å². The van der Waals surface area contributed by atoms with Gasteiger partial charge in [0.1, 0.15) is 0 Å². The lowest BCUT2D eigenvalue weighted by Gasteiger charge is -2.38. The van der Waals surface area contributed by atoms with Crippen LogP contribution >= 0.6 is 11.6 Å². The molecule has 140 valence electrons. The first-order valence-corrected chi connectivity index (χ1v) is 9.97. The van der Waals surface area contributed by atoms with Crippen LogP contribution in [0.1, 0.15) is 54.1 Å². The molecule has 2 aromatic carbocycles. The van der Waals surface area contributed by atoms with E-state index in [-0.39, 0.29) is 22.9 Å². The summed E-state index contributed by atoms with van der Waals surface area (Å²) in [5.41, 5.74) is 4.80. The Bertz CT molecular complexity index is 1090. The highest BCUT2D eigenvalue weighted by Gasteiger charge is 2.50. The number of carbonyl (C=O) groups excluding carboxylic acids is 2. The Kier molecular flexibility index (Phi) is 3.76. The van der Waals surface area contributed by atoms with E-state index in [0.717, 1.165) is 34.5 Å². The third kappa shape index (κ3) is 2.53. The smallest absolute Gasteiger partial charge is 0.173 e. The second-order valence-electron chi connectivity index (χ2n) is 8.72. The van der Waals surface area contributed by atoms with Crippen LogP contribution in [0.4, 0.5) is 0 Å². The molecule has 0 saturated heterocycles. The number of hydrogen-bond donors (Lipinski definition) is 0. The predicted octanol–water partition coefficient (Wildman–Crippen LogP) is 5.38. The van der Waals surface area contributed by atoms with E-state index in [9.17, 15) is 9.59 Å². The van der Waals surface area contributed by atoms with E-state index in [4.69, 9.17) is 16.6 Å². The highest BCUT2D eigenvalue weighted by molar-refractivity contribution is 6.31. The number of hydrogen-bond acceptors (Lipinski definition) is 3. The number of benzene rings is 2. The zero-order valence-corrected chi connectivity index (χ0v) is 16.6. The van der Waals surface area contributed by atoms with Gasteiger partial charge in [-0.3, -0.25) is 14.6 Å². The summed E-state index contributed by atoms with van der Waals surface area (Å²) in [6.45, 7) is 4.21. The normalized spacial score (nSPS) is 25.2. The highest BCUT2D eigenvalue weighted by Crippen LogP contribution is 2.51. The molecule has 1 heterocycles. The average Bonchev–Trinajstić information content (AvgIpc) is 2.93. The standard InChI is InChI=1S/C24H20ClNO2/c1-24(2)11-17-20(18(27)12-24)19(13-7-9-14(25)10-8-13)21-22(26-17)15-5-3-4-6-16(15)23(21)28/h3-10,19,21H,11-12H2,1-2H3/t19-,21+/m1/s1. The van der Waals surface area contributed by atoms with E-state index in [1.807, 2.05) is 48.5 Å². The van der Waals surface area contributed by atoms with Crippen molar-refractivity contribution in [1.29, 1.82) is 0 Å². The molecule has 0 N–H and O–H groups in total. The summed E-state index contributed by atoms with van der Waals surface area (Å²) < 4.78 is 0. The van der Waals surface area contributed by atoms with Crippen molar-refractivity contribution in [3.05, 3.63) is 81.5 Å². The molecule has 0 fully saturated rings. The number of rotatable bonds is 1. The minimum Gasteiger partial charge on any atom is -0.294 e. The summed E-state index contributed by atoms with van der Waals surface area (Å²) in [4.78, 5) is 31.5. The van der Waals surface area contributed by atoms with Crippen molar-refractivity contribution in [2.45, 2.75) is 32.6 Å². The maximum Gasteiger partial charge on any atom is 0.173 e. The van der Waals surface area contributed by atoms with Crippen molar-refractivity contribution in [2.24, 2.45) is 16.3 Å². The average molecular weight is 390 g/mol. The molecule has 5 rings (SSSR count). The van der Waals surface area contributed by atoms with Crippen molar-refractivity contribution in [2.75, 3.05) is 0 Å². The van der Waals surface area contributed by atoms with Crippen LogP contribution < -0.4 is 0 Å². The molecule has 0 spiro atoms. The maximum absolute atomic E-state index is 13.3. The minimum atomic E-state index is -0.442. The Balaban J connectivity index is 1.76. The third-order valence-electron chi connectivity index (χ3n) is 6.07. The van der Waals surface area contributed by atoms with Gasteiger partial charge in [-0.15, -0.1) is 0 Å². The Hall–Kier alpha value is -2.52. The van der Waals surface area contributed by atoms with Gasteiger partial charge >= 0.3 is 0 Å². The number of allylic oxidation sites excluding steroid dienone is 2. The molecule has 0 aromatic heterocycles. The van der Waals surface area contributed by atoms with Gasteiger partial charge in [0.25, 0.3) is 0 Å². The summed E-state index contributed by atoms with van der Waals surface area (Å²) in [7, 11) is 0. The molecule has 2 aliphatic carbocycles. The number of ketones is 2. The number of nitrogens with zero attached hydrogens (tertiary/aromatic N) is 1. The lowest BCUT2D eigenvalue weighted by atomic mass is 9.66. The lowest BCUT2D eigenvalue weighted by molar-refractivity contribution is -0.118. The number of aliphatic imine (C=N–C) groups is 1. The zero-order valence-electron chi connectivity index (χ0n) is 15.8. The van der Waals surface area contributed by atoms with Gasteiger partial charge in [-0.25, -0.2) is 0 Å². The van der Waals surface area contributed by atoms with Crippen LogP contribution in [0.15, 0.2) is 64.8 Å². The lowest BCUT2D eigenvalue weighted by Crippen LogP contribution is -2.37. The summed E-state index contributed by atoms with van der Waals surface area (Å²) in [5, 5.41) is 0.639. The molecule has 0 saturated carbocycles. The van der Waals surface area contributed by atoms with Crippen LogP contribution in [0.5, 0.6) is 0 Å². The van der Waals surface area contributed by atoms with Crippen molar-refractivity contribution in [3.63, 3.8) is 0 Å². The Labute approximate surface area is 169 Å². The molecule has 3 nitrogen and oxygen atoms in total. The van der Waals surface area contributed by atoms with E-state index >= 15 is 0 Å². The molecule has 4 heteroatoms. The molecule has 0 bridgehead atoms. The van der Waals surface area contributed by atoms with E-state index in [1.54, 1.807) is 0 Å². The Morgan fingerprint density at radius 1 is 0.929 bits per heavy atom. The van der Waals surface area contributed by atoms with Crippen LogP contribution in [-0.4, -0.2) is 17.3 Å². The van der Waals surface area contributed by atoms with Gasteiger partial charge in [0.15, 0.2) is 11.6 Å². The molecule has 1 aliphatic heterocycles. The summed E-state index contributed by atoms with van der Waals surface area (Å²) in [6, 6.07) is 15.2. The van der Waals surface area contributed by atoms with E-state index in [0.29, 0.717) is 17.0 Å². The highest BCUT2D eigenvalue weighted by atomic mass is 35.5. The maximum atomic E-state index is 13.3. The zero-order chi connectivity index (χ0) is 19.6. The molecule has 0 amide bonds. The van der Waals surface area contributed by atoms with Crippen LogP contribution in [0, 0.1) is 11.3 Å². The van der Waals surface area contributed by atoms with E-state index in [1.165, 1.54) is 0 Å². The van der Waals surface area contributed by atoms with Gasteiger partial charge in [-0.1, -0.05) is 61.8 Å². The fourth-order valence-electron chi connectivity index (χ4n) is 4.92. The van der Waals surface area contributed by atoms with Gasteiger partial charge < -0.3 is 0 Å². The first-order chi connectivity index (χ1) is 13.4. The van der Waals surface area contributed by atoms with Crippen molar-refractivity contribution in [1.82, 2.24) is 0 Å². The third-order valence-corrected chi connectivity index (χ3v) is 6.32. The van der Waals surface area contributed by atoms with Crippen molar-refractivity contribution >= 4 is 28.9 Å².